The maximum Gasteiger partial charge on any atom is 0.0233 e. The molecular weight excluding hydrogens is 342 g/mol. The van der Waals surface area contributed by atoms with Gasteiger partial charge >= 0.3 is 0 Å². The summed E-state index contributed by atoms with van der Waals surface area (Å²) in [6, 6.07) is 22.7. The molecule has 2 atom stereocenters. The molecule has 3 aliphatic heterocycles. The molecule has 3 aliphatic rings. The second-order valence-corrected chi connectivity index (χ2v) is 9.15. The molecule has 0 amide bonds. The van der Waals surface area contributed by atoms with Crippen molar-refractivity contribution in [2.45, 2.75) is 32.0 Å². The molecule has 0 aromatic heterocycles. The van der Waals surface area contributed by atoms with Gasteiger partial charge in [-0.2, -0.15) is 0 Å². The molecule has 0 unspecified atom stereocenters. The summed E-state index contributed by atoms with van der Waals surface area (Å²) in [6.07, 6.45) is 2.69. The van der Waals surface area contributed by atoms with Crippen LogP contribution in [-0.2, 0) is 13.1 Å². The zero-order valence-electron chi connectivity index (χ0n) is 16.9. The molecule has 0 spiro atoms. The van der Waals surface area contributed by atoms with Gasteiger partial charge in [-0.1, -0.05) is 60.7 Å². The predicted molar refractivity (Wildman–Crippen MR) is 115 cm³/mol. The molecule has 3 saturated heterocycles. The Balaban J connectivity index is 1.08. The van der Waals surface area contributed by atoms with E-state index in [1.54, 1.807) is 0 Å². The maximum absolute atomic E-state index is 2.84. The number of piperidine rings is 1. The number of hydrogen-bond donors (Lipinski definition) is 0. The Morgan fingerprint density at radius 2 is 1.11 bits per heavy atom. The van der Waals surface area contributed by atoms with Crippen molar-refractivity contribution in [2.24, 2.45) is 11.8 Å². The SMILES string of the molecule is c1ccc(CN2CCC(N3C[C@H]4CN(Cc5ccccc5)C[C@H]4C3)CC2)cc1. The lowest BCUT2D eigenvalue weighted by atomic mass is 10.0. The number of rotatable bonds is 5. The monoisotopic (exact) mass is 375 g/mol. The van der Waals surface area contributed by atoms with Gasteiger partial charge < -0.3 is 0 Å². The fraction of sp³-hybridized carbons (Fsp3) is 0.520. The van der Waals surface area contributed by atoms with E-state index in [-0.39, 0.29) is 0 Å². The number of fused-ring (bicyclic) bond motifs is 1. The Hall–Kier alpha value is -1.68. The molecular formula is C25H33N3. The van der Waals surface area contributed by atoms with E-state index < -0.39 is 0 Å². The largest absolute Gasteiger partial charge is 0.300 e. The summed E-state index contributed by atoms with van der Waals surface area (Å²) < 4.78 is 0. The lowest BCUT2D eigenvalue weighted by molar-refractivity contribution is 0.112. The highest BCUT2D eigenvalue weighted by molar-refractivity contribution is 5.15. The van der Waals surface area contributed by atoms with Gasteiger partial charge in [0.15, 0.2) is 0 Å². The summed E-state index contributed by atoms with van der Waals surface area (Å²) in [5.41, 5.74) is 2.92. The fourth-order valence-electron chi connectivity index (χ4n) is 5.68. The second kappa shape index (κ2) is 8.36. The van der Waals surface area contributed by atoms with Crippen molar-refractivity contribution in [1.29, 1.82) is 0 Å². The number of nitrogens with zero attached hydrogens (tertiary/aromatic N) is 3. The van der Waals surface area contributed by atoms with E-state index >= 15 is 0 Å². The smallest absolute Gasteiger partial charge is 0.0233 e. The van der Waals surface area contributed by atoms with E-state index in [1.807, 2.05) is 0 Å². The van der Waals surface area contributed by atoms with E-state index in [0.29, 0.717) is 0 Å². The van der Waals surface area contributed by atoms with Crippen LogP contribution in [0, 0.1) is 11.8 Å². The van der Waals surface area contributed by atoms with Gasteiger partial charge in [0.2, 0.25) is 0 Å². The molecule has 2 aromatic carbocycles. The number of likely N-dealkylation sites (tertiary alicyclic amines) is 3. The molecule has 0 aliphatic carbocycles. The molecule has 0 bridgehead atoms. The van der Waals surface area contributed by atoms with Crippen molar-refractivity contribution in [2.75, 3.05) is 39.3 Å². The van der Waals surface area contributed by atoms with E-state index in [0.717, 1.165) is 31.0 Å². The van der Waals surface area contributed by atoms with Crippen LogP contribution < -0.4 is 0 Å². The topological polar surface area (TPSA) is 9.72 Å². The molecule has 3 nitrogen and oxygen atoms in total. The Bertz CT molecular complexity index is 725. The average molecular weight is 376 g/mol. The van der Waals surface area contributed by atoms with Crippen LogP contribution in [0.15, 0.2) is 60.7 Å². The molecule has 0 radical (unpaired) electrons. The van der Waals surface area contributed by atoms with Crippen molar-refractivity contribution in [1.82, 2.24) is 14.7 Å². The lowest BCUT2D eigenvalue weighted by Crippen LogP contribution is -2.44. The first-order valence-corrected chi connectivity index (χ1v) is 11.1. The van der Waals surface area contributed by atoms with Crippen molar-refractivity contribution in [3.8, 4) is 0 Å². The minimum absolute atomic E-state index is 0.820. The van der Waals surface area contributed by atoms with E-state index in [4.69, 9.17) is 0 Å². The Morgan fingerprint density at radius 3 is 1.64 bits per heavy atom. The van der Waals surface area contributed by atoms with Crippen LogP contribution in [-0.4, -0.2) is 60.0 Å². The summed E-state index contributed by atoms with van der Waals surface area (Å²) in [4.78, 5) is 8.17. The van der Waals surface area contributed by atoms with E-state index in [2.05, 4.69) is 75.4 Å². The first-order chi connectivity index (χ1) is 13.8. The standard InChI is InChI=1S/C25H33N3/c1-3-7-21(8-4-1)15-26-13-11-25(12-14-26)28-19-23-17-27(18-24(23)20-28)16-22-9-5-2-6-10-22/h1-10,23-25H,11-20H2/t23-,24+. The Kier molecular flexibility index (Phi) is 5.48. The van der Waals surface area contributed by atoms with Crippen LogP contribution in [0.2, 0.25) is 0 Å². The summed E-state index contributed by atoms with van der Waals surface area (Å²) in [6.45, 7) is 10.0. The molecule has 3 heteroatoms. The maximum atomic E-state index is 2.84. The first kappa shape index (κ1) is 18.4. The minimum Gasteiger partial charge on any atom is -0.300 e. The van der Waals surface area contributed by atoms with Gasteiger partial charge in [0.05, 0.1) is 0 Å². The van der Waals surface area contributed by atoms with Crippen molar-refractivity contribution in [3.05, 3.63) is 71.8 Å². The first-order valence-electron chi connectivity index (χ1n) is 11.1. The summed E-state index contributed by atoms with van der Waals surface area (Å²) >= 11 is 0. The van der Waals surface area contributed by atoms with Crippen molar-refractivity contribution in [3.63, 3.8) is 0 Å². The van der Waals surface area contributed by atoms with Crippen LogP contribution in [0.25, 0.3) is 0 Å². The molecule has 3 fully saturated rings. The third kappa shape index (κ3) is 4.17. The summed E-state index contributed by atoms with van der Waals surface area (Å²) in [7, 11) is 0. The molecule has 148 valence electrons. The lowest BCUT2D eigenvalue weighted by Gasteiger charge is -2.37. The number of hydrogen-bond acceptors (Lipinski definition) is 3. The minimum atomic E-state index is 0.820. The van der Waals surface area contributed by atoms with Gasteiger partial charge in [-0.15, -0.1) is 0 Å². The van der Waals surface area contributed by atoms with Gasteiger partial charge in [-0.05, 0) is 48.9 Å². The van der Waals surface area contributed by atoms with Crippen LogP contribution in [0.3, 0.4) is 0 Å². The molecule has 0 saturated carbocycles. The van der Waals surface area contributed by atoms with Crippen LogP contribution in [0.5, 0.6) is 0 Å². The normalized spacial score (nSPS) is 27.3. The van der Waals surface area contributed by atoms with Crippen LogP contribution >= 0.6 is 0 Å². The fourth-order valence-corrected chi connectivity index (χ4v) is 5.68. The van der Waals surface area contributed by atoms with Gasteiger partial charge in [0.25, 0.3) is 0 Å². The second-order valence-electron chi connectivity index (χ2n) is 9.15. The van der Waals surface area contributed by atoms with Crippen molar-refractivity contribution >= 4 is 0 Å². The van der Waals surface area contributed by atoms with Crippen molar-refractivity contribution < 1.29 is 0 Å². The molecule has 5 rings (SSSR count). The molecule has 2 aromatic rings. The van der Waals surface area contributed by atoms with Gasteiger partial charge in [0.1, 0.15) is 0 Å². The van der Waals surface area contributed by atoms with Crippen LogP contribution in [0.4, 0.5) is 0 Å². The molecule has 3 heterocycles. The quantitative estimate of drug-likeness (QED) is 0.789. The van der Waals surface area contributed by atoms with Gasteiger partial charge in [-0.25, -0.2) is 0 Å². The highest BCUT2D eigenvalue weighted by Crippen LogP contribution is 2.34. The van der Waals surface area contributed by atoms with Gasteiger partial charge in [-0.3, -0.25) is 14.7 Å². The molecule has 28 heavy (non-hydrogen) atoms. The number of benzene rings is 2. The zero-order chi connectivity index (χ0) is 18.8. The summed E-state index contributed by atoms with van der Waals surface area (Å²) in [5, 5.41) is 0. The highest BCUT2D eigenvalue weighted by Gasteiger charge is 2.42. The van der Waals surface area contributed by atoms with Crippen LogP contribution in [0.1, 0.15) is 24.0 Å². The Labute approximate surface area is 169 Å². The van der Waals surface area contributed by atoms with E-state index in [9.17, 15) is 0 Å². The average Bonchev–Trinajstić information content (AvgIpc) is 3.29. The zero-order valence-corrected chi connectivity index (χ0v) is 16.9. The summed E-state index contributed by atoms with van der Waals surface area (Å²) in [5.74, 6) is 1.79. The Morgan fingerprint density at radius 1 is 0.607 bits per heavy atom. The predicted octanol–water partition coefficient (Wildman–Crippen LogP) is 3.71. The molecule has 0 N–H and O–H groups in total. The highest BCUT2D eigenvalue weighted by atomic mass is 15.3. The van der Waals surface area contributed by atoms with E-state index in [1.165, 1.54) is 63.2 Å². The third-order valence-electron chi connectivity index (χ3n) is 7.16. The van der Waals surface area contributed by atoms with Gasteiger partial charge in [0, 0.05) is 45.3 Å². The third-order valence-corrected chi connectivity index (χ3v) is 7.16.